The van der Waals surface area contributed by atoms with E-state index in [9.17, 15) is 22.8 Å². The zero-order valence-corrected chi connectivity index (χ0v) is 17.3. The molecule has 140 valence electrons. The van der Waals surface area contributed by atoms with Crippen molar-refractivity contribution in [3.8, 4) is 0 Å². The lowest BCUT2D eigenvalue weighted by atomic mass is 9.96. The first-order valence-electron chi connectivity index (χ1n) is 7.37. The predicted molar refractivity (Wildman–Crippen MR) is 104 cm³/mol. The number of para-hydroxylation sites is 1. The molecule has 8 nitrogen and oxygen atoms in total. The number of Topliss-reactive ketones (excluding diaryl/α,β-unsaturated/α-hetero) is 1. The van der Waals surface area contributed by atoms with Crippen LogP contribution in [0.25, 0.3) is 0 Å². The molecule has 0 saturated carbocycles. The summed E-state index contributed by atoms with van der Waals surface area (Å²) < 4.78 is 27.2. The number of fused-ring (bicyclic) bond motifs is 1. The molecule has 3 rings (SSSR count). The first kappa shape index (κ1) is 19.5. The van der Waals surface area contributed by atoms with Crippen molar-refractivity contribution in [3.05, 3.63) is 50.9 Å². The molecule has 1 heterocycles. The van der Waals surface area contributed by atoms with Crippen molar-refractivity contribution in [3.63, 3.8) is 0 Å². The van der Waals surface area contributed by atoms with E-state index < -0.39 is 33.5 Å². The van der Waals surface area contributed by atoms with Crippen molar-refractivity contribution in [2.45, 2.75) is 10.8 Å². The van der Waals surface area contributed by atoms with E-state index in [2.05, 4.69) is 37.2 Å². The Kier molecular flexibility index (Phi) is 5.10. The number of carbonyl (C=O) groups excluding carboxylic acids is 3. The van der Waals surface area contributed by atoms with Crippen LogP contribution in [0, 0.1) is 0 Å². The van der Waals surface area contributed by atoms with Gasteiger partial charge in [0.15, 0.2) is 0 Å². The van der Waals surface area contributed by atoms with Crippen LogP contribution in [0.4, 0.5) is 11.4 Å². The Balaban J connectivity index is 1.87. The highest BCUT2D eigenvalue weighted by atomic mass is 79.9. The maximum absolute atomic E-state index is 12.4. The fraction of sp³-hybridized carbons (Fsp3) is 0.0625. The highest BCUT2D eigenvalue weighted by molar-refractivity contribution is 9.11. The molecule has 0 fully saturated rings. The molecule has 2 aromatic carbocycles. The number of nitrogens with one attached hydrogen (secondary N) is 2. The van der Waals surface area contributed by atoms with Gasteiger partial charge in [-0.15, -0.1) is 0 Å². The Morgan fingerprint density at radius 3 is 2.33 bits per heavy atom. The van der Waals surface area contributed by atoms with E-state index in [-0.39, 0.29) is 10.6 Å². The number of benzene rings is 2. The number of carbonyl (C=O) groups is 3. The van der Waals surface area contributed by atoms with Crippen molar-refractivity contribution in [1.29, 1.82) is 0 Å². The number of sulfonamides is 1. The van der Waals surface area contributed by atoms with Crippen LogP contribution >= 0.6 is 31.9 Å². The topological polar surface area (TPSA) is 135 Å². The fourth-order valence-electron chi connectivity index (χ4n) is 2.55. The molecule has 1 aliphatic heterocycles. The minimum Gasteiger partial charge on any atom is -0.397 e. The molecule has 4 N–H and O–H groups in total. The number of halogens is 2. The van der Waals surface area contributed by atoms with E-state index in [4.69, 9.17) is 5.73 Å². The fourth-order valence-corrected chi connectivity index (χ4v) is 5.05. The van der Waals surface area contributed by atoms with Gasteiger partial charge in [-0.2, -0.15) is 0 Å². The molecule has 0 aromatic heterocycles. The molecule has 0 bridgehead atoms. The Hall–Kier alpha value is -2.24. The van der Waals surface area contributed by atoms with E-state index in [0.717, 1.165) is 0 Å². The number of amides is 2. The summed E-state index contributed by atoms with van der Waals surface area (Å²) >= 11 is 6.22. The number of ketones is 1. The van der Waals surface area contributed by atoms with Gasteiger partial charge >= 0.3 is 5.91 Å². The van der Waals surface area contributed by atoms with Crippen LogP contribution in [0.2, 0.25) is 0 Å². The van der Waals surface area contributed by atoms with Crippen LogP contribution in [0.15, 0.2) is 50.2 Å². The molecule has 11 heteroatoms. The lowest BCUT2D eigenvalue weighted by Crippen LogP contribution is -2.40. The third-order valence-corrected chi connectivity index (χ3v) is 6.49. The van der Waals surface area contributed by atoms with Crippen LogP contribution in [0.1, 0.15) is 11.5 Å². The number of hydrogen-bond donors (Lipinski definition) is 3. The second-order valence-electron chi connectivity index (χ2n) is 5.61. The molecular formula is C16H11Br2N3O5S. The Labute approximate surface area is 170 Å². The predicted octanol–water partition coefficient (Wildman–Crippen LogP) is 1.90. The van der Waals surface area contributed by atoms with Gasteiger partial charge in [0.1, 0.15) is 5.92 Å². The third kappa shape index (κ3) is 3.62. The maximum atomic E-state index is 12.4. The second kappa shape index (κ2) is 7.06. The molecular weight excluding hydrogens is 506 g/mol. The monoisotopic (exact) mass is 515 g/mol. The molecule has 2 amide bonds. The number of nitrogens with two attached hydrogens (primary N) is 1. The van der Waals surface area contributed by atoms with Crippen LogP contribution in [-0.2, 0) is 24.4 Å². The van der Waals surface area contributed by atoms with Crippen LogP contribution in [0.5, 0.6) is 0 Å². The summed E-state index contributed by atoms with van der Waals surface area (Å²) in [5.74, 6) is -4.67. The van der Waals surface area contributed by atoms with Gasteiger partial charge in [0.25, 0.3) is 10.0 Å². The van der Waals surface area contributed by atoms with Crippen molar-refractivity contribution in [1.82, 2.24) is 4.72 Å². The average molecular weight is 517 g/mol. The Morgan fingerprint density at radius 1 is 1.11 bits per heavy atom. The van der Waals surface area contributed by atoms with E-state index in [1.54, 1.807) is 22.9 Å². The minimum atomic E-state index is -4.36. The van der Waals surface area contributed by atoms with E-state index in [1.807, 2.05) is 0 Å². The lowest BCUT2D eigenvalue weighted by molar-refractivity contribution is -0.139. The molecule has 0 spiro atoms. The molecule has 0 unspecified atom stereocenters. The maximum Gasteiger partial charge on any atom is 0.302 e. The molecule has 1 atom stereocenters. The number of nitrogen functional groups attached to an aromatic ring is 1. The normalized spacial score (nSPS) is 15.8. The van der Waals surface area contributed by atoms with Gasteiger partial charge in [0, 0.05) is 14.6 Å². The average Bonchev–Trinajstić information content (AvgIpc) is 2.93. The summed E-state index contributed by atoms with van der Waals surface area (Å²) in [4.78, 5) is 36.5. The number of rotatable bonds is 4. The van der Waals surface area contributed by atoms with E-state index in [1.165, 1.54) is 18.2 Å². The van der Waals surface area contributed by atoms with Crippen LogP contribution < -0.4 is 15.8 Å². The Bertz CT molecular complexity index is 1080. The van der Waals surface area contributed by atoms with Gasteiger partial charge < -0.3 is 11.1 Å². The third-order valence-electron chi connectivity index (χ3n) is 3.87. The molecule has 0 aliphatic carbocycles. The summed E-state index contributed by atoms with van der Waals surface area (Å²) in [6, 6.07) is 8.75. The van der Waals surface area contributed by atoms with E-state index >= 15 is 0 Å². The zero-order valence-electron chi connectivity index (χ0n) is 13.3. The second-order valence-corrected chi connectivity index (χ2v) is 9.00. The van der Waals surface area contributed by atoms with Crippen LogP contribution in [-0.4, -0.2) is 26.0 Å². The zero-order chi connectivity index (χ0) is 19.9. The molecule has 0 radical (unpaired) electrons. The largest absolute Gasteiger partial charge is 0.397 e. The van der Waals surface area contributed by atoms with Crippen molar-refractivity contribution in [2.24, 2.45) is 0 Å². The van der Waals surface area contributed by atoms with Crippen molar-refractivity contribution >= 4 is 70.9 Å². The van der Waals surface area contributed by atoms with Crippen molar-refractivity contribution < 1.29 is 22.8 Å². The lowest BCUT2D eigenvalue weighted by Gasteiger charge is -2.11. The van der Waals surface area contributed by atoms with Gasteiger partial charge in [-0.25, -0.2) is 13.1 Å². The summed E-state index contributed by atoms with van der Waals surface area (Å²) in [7, 11) is -4.36. The van der Waals surface area contributed by atoms with Gasteiger partial charge in [-0.1, -0.05) is 18.2 Å². The van der Waals surface area contributed by atoms with Crippen molar-refractivity contribution in [2.75, 3.05) is 11.1 Å². The first-order chi connectivity index (χ1) is 12.6. The first-order valence-corrected chi connectivity index (χ1v) is 10.4. The van der Waals surface area contributed by atoms with E-state index in [0.29, 0.717) is 20.2 Å². The van der Waals surface area contributed by atoms with Crippen LogP contribution in [0.3, 0.4) is 0 Å². The summed E-state index contributed by atoms with van der Waals surface area (Å²) in [5.41, 5.74) is 6.71. The smallest absolute Gasteiger partial charge is 0.302 e. The highest BCUT2D eigenvalue weighted by Gasteiger charge is 2.40. The van der Waals surface area contributed by atoms with Gasteiger partial charge in [-0.05, 0) is 55.6 Å². The SMILES string of the molecule is Nc1c(Br)cc(S(=O)(=O)NC(=O)C(=O)[C@H]2C(=O)Nc3ccccc32)cc1Br. The molecule has 1 aliphatic rings. The molecule has 2 aromatic rings. The minimum absolute atomic E-state index is 0.274. The molecule has 0 saturated heterocycles. The number of anilines is 2. The van der Waals surface area contributed by atoms with Gasteiger partial charge in [-0.3, -0.25) is 14.4 Å². The highest BCUT2D eigenvalue weighted by Crippen LogP contribution is 2.33. The van der Waals surface area contributed by atoms with Gasteiger partial charge in [0.2, 0.25) is 11.7 Å². The molecule has 27 heavy (non-hydrogen) atoms. The Morgan fingerprint density at radius 2 is 1.70 bits per heavy atom. The summed E-state index contributed by atoms with van der Waals surface area (Å²) in [6.45, 7) is 0. The number of hydrogen-bond acceptors (Lipinski definition) is 6. The van der Waals surface area contributed by atoms with Gasteiger partial charge in [0.05, 0.1) is 10.6 Å². The summed E-state index contributed by atoms with van der Waals surface area (Å²) in [5, 5.41) is 2.48. The quantitative estimate of drug-likeness (QED) is 0.322. The summed E-state index contributed by atoms with van der Waals surface area (Å²) in [6.07, 6.45) is 0. The standard InChI is InChI=1S/C16H11Br2N3O5S/c17-9-5-7(6-10(18)13(9)19)27(25,26)21-16(24)14(22)12-8-3-1-2-4-11(8)20-15(12)23/h1-6,12H,19H2,(H,20,23)(H,21,24)/t12-/m0/s1.